The summed E-state index contributed by atoms with van der Waals surface area (Å²) in [4.78, 5) is 86.5. The van der Waals surface area contributed by atoms with Gasteiger partial charge in [0.25, 0.3) is 0 Å². The number of esters is 2. The summed E-state index contributed by atoms with van der Waals surface area (Å²) in [6.07, 6.45) is 0. The molecule has 2 aromatic rings. The summed E-state index contributed by atoms with van der Waals surface area (Å²) in [5.41, 5.74) is -0.861. The van der Waals surface area contributed by atoms with Crippen molar-refractivity contribution in [3.8, 4) is 0 Å². The van der Waals surface area contributed by atoms with Gasteiger partial charge in [-0.2, -0.15) is 0 Å². The maximum Gasteiger partial charge on any atom is 0.338 e. The molecule has 1 aliphatic carbocycles. The Labute approximate surface area is 223 Å². The summed E-state index contributed by atoms with van der Waals surface area (Å²) in [5.74, 6) is -4.46. The minimum absolute atomic E-state index is 0.0442. The van der Waals surface area contributed by atoms with Gasteiger partial charge in [-0.1, -0.05) is 24.3 Å². The van der Waals surface area contributed by atoms with Gasteiger partial charge in [-0.15, -0.1) is 0 Å². The summed E-state index contributed by atoms with van der Waals surface area (Å²) >= 11 is 0. The fourth-order valence-corrected chi connectivity index (χ4v) is 3.77. The molecule has 3 rings (SSSR count). The molecule has 204 valence electrons. The molecule has 0 saturated heterocycles. The van der Waals surface area contributed by atoms with Crippen molar-refractivity contribution in [3.63, 3.8) is 0 Å². The van der Waals surface area contributed by atoms with E-state index in [1.54, 1.807) is 18.2 Å². The predicted octanol–water partition coefficient (Wildman–Crippen LogP) is 0.308. The van der Waals surface area contributed by atoms with Gasteiger partial charge in [0.2, 0.25) is 17.7 Å². The molecule has 0 radical (unpaired) electrons. The second-order valence-electron chi connectivity index (χ2n) is 9.19. The number of rotatable bonds is 9. The van der Waals surface area contributed by atoms with E-state index in [0.717, 1.165) is 7.11 Å². The fraction of sp³-hybridized carbons (Fsp3) is 0.296. The molecule has 1 aliphatic rings. The van der Waals surface area contributed by atoms with Gasteiger partial charge < -0.3 is 25.4 Å². The van der Waals surface area contributed by atoms with E-state index in [-0.39, 0.29) is 40.1 Å². The molecular formula is C27H27N3O9. The van der Waals surface area contributed by atoms with E-state index < -0.39 is 53.6 Å². The lowest BCUT2D eigenvalue weighted by Gasteiger charge is -2.27. The zero-order chi connectivity index (χ0) is 28.9. The largest absolute Gasteiger partial charge is 0.467 e. The zero-order valence-corrected chi connectivity index (χ0v) is 21.7. The predicted molar refractivity (Wildman–Crippen MR) is 135 cm³/mol. The maximum absolute atomic E-state index is 12.9. The van der Waals surface area contributed by atoms with Gasteiger partial charge in [0.15, 0.2) is 17.6 Å². The Morgan fingerprint density at radius 2 is 1.49 bits per heavy atom. The number of fused-ring (bicyclic) bond motifs is 2. The quantitative estimate of drug-likeness (QED) is 0.325. The van der Waals surface area contributed by atoms with E-state index in [1.807, 2.05) is 0 Å². The van der Waals surface area contributed by atoms with Crippen molar-refractivity contribution in [1.29, 1.82) is 0 Å². The van der Waals surface area contributed by atoms with E-state index in [0.29, 0.717) is 0 Å². The highest BCUT2D eigenvalue weighted by molar-refractivity contribution is 6.28. The number of ether oxygens (including phenoxy) is 2. The molecule has 0 bridgehead atoms. The first kappa shape index (κ1) is 28.7. The Balaban J connectivity index is 1.69. The molecule has 3 N–H and O–H groups in total. The molecule has 0 fully saturated rings. The second-order valence-corrected chi connectivity index (χ2v) is 9.19. The minimum atomic E-state index is -1.51. The van der Waals surface area contributed by atoms with E-state index in [2.05, 4.69) is 20.7 Å². The van der Waals surface area contributed by atoms with Crippen molar-refractivity contribution in [2.24, 2.45) is 0 Å². The van der Waals surface area contributed by atoms with Gasteiger partial charge in [-0.05, 0) is 32.0 Å². The van der Waals surface area contributed by atoms with E-state index in [9.17, 15) is 33.6 Å². The van der Waals surface area contributed by atoms with E-state index in [1.165, 1.54) is 45.0 Å². The second kappa shape index (κ2) is 11.7. The number of amides is 3. The van der Waals surface area contributed by atoms with Gasteiger partial charge >= 0.3 is 11.9 Å². The molecule has 0 saturated carbocycles. The van der Waals surface area contributed by atoms with Crippen LogP contribution < -0.4 is 16.0 Å². The Hall–Kier alpha value is -4.87. The fourth-order valence-electron chi connectivity index (χ4n) is 3.77. The number of benzene rings is 2. The van der Waals surface area contributed by atoms with Crippen LogP contribution in [0, 0.1) is 0 Å². The van der Waals surface area contributed by atoms with Crippen molar-refractivity contribution < 1.29 is 43.0 Å². The highest BCUT2D eigenvalue weighted by Gasteiger charge is 2.34. The van der Waals surface area contributed by atoms with Gasteiger partial charge in [-0.25, -0.2) is 9.59 Å². The number of carbonyl (C=O) groups is 7. The Morgan fingerprint density at radius 3 is 2.08 bits per heavy atom. The van der Waals surface area contributed by atoms with Crippen LogP contribution in [0.2, 0.25) is 0 Å². The van der Waals surface area contributed by atoms with Gasteiger partial charge in [-0.3, -0.25) is 24.0 Å². The lowest BCUT2D eigenvalue weighted by molar-refractivity contribution is -0.147. The average molecular weight is 538 g/mol. The lowest BCUT2D eigenvalue weighted by Crippen LogP contribution is -2.59. The Morgan fingerprint density at radius 1 is 0.897 bits per heavy atom. The monoisotopic (exact) mass is 537 g/mol. The van der Waals surface area contributed by atoms with Crippen LogP contribution in [0.3, 0.4) is 0 Å². The molecule has 12 nitrogen and oxygen atoms in total. The lowest BCUT2D eigenvalue weighted by atomic mass is 9.83. The number of methoxy groups -OCH3 is 1. The van der Waals surface area contributed by atoms with Crippen molar-refractivity contribution in [1.82, 2.24) is 16.0 Å². The summed E-state index contributed by atoms with van der Waals surface area (Å²) in [7, 11) is 1.08. The van der Waals surface area contributed by atoms with Crippen LogP contribution in [-0.4, -0.2) is 73.1 Å². The number of hydrogen-bond donors (Lipinski definition) is 3. The average Bonchev–Trinajstić information content (AvgIpc) is 2.91. The van der Waals surface area contributed by atoms with Crippen molar-refractivity contribution in [2.45, 2.75) is 32.4 Å². The van der Waals surface area contributed by atoms with E-state index in [4.69, 9.17) is 4.74 Å². The van der Waals surface area contributed by atoms with Crippen LogP contribution in [-0.2, 0) is 28.7 Å². The van der Waals surface area contributed by atoms with Crippen LogP contribution in [0.4, 0.5) is 0 Å². The molecule has 0 aliphatic heterocycles. The molecule has 0 unspecified atom stereocenters. The van der Waals surface area contributed by atoms with Crippen molar-refractivity contribution in [3.05, 3.63) is 70.3 Å². The smallest absolute Gasteiger partial charge is 0.338 e. The first-order valence-electron chi connectivity index (χ1n) is 11.8. The third kappa shape index (κ3) is 6.53. The third-order valence-electron chi connectivity index (χ3n) is 5.85. The molecule has 2 aromatic carbocycles. The highest BCUT2D eigenvalue weighted by atomic mass is 16.5. The first-order valence-corrected chi connectivity index (χ1v) is 11.8. The standard InChI is InChI=1S/C27H27N3O9/c1-14(31)28-12-21(32)30-27(2,3)26(37)29-20(25(36)38-4)13-39-24(35)15-9-10-18-19(11-15)23(34)17-8-6-5-7-16(17)22(18)33/h5-11,20H,12-13H2,1-4H3,(H,28,31)(H,29,37)(H,30,32)/t20-/m0/s1. The molecule has 12 heteroatoms. The first-order chi connectivity index (χ1) is 18.4. The summed E-state index contributed by atoms with van der Waals surface area (Å²) in [5, 5.41) is 7.09. The number of carbonyl (C=O) groups excluding carboxylic acids is 7. The number of nitrogens with one attached hydrogen (secondary N) is 3. The van der Waals surface area contributed by atoms with Crippen LogP contribution >= 0.6 is 0 Å². The Kier molecular flexibility index (Phi) is 8.59. The molecule has 0 heterocycles. The molecule has 0 aromatic heterocycles. The summed E-state index contributed by atoms with van der Waals surface area (Å²) in [6, 6.07) is 8.85. The molecular weight excluding hydrogens is 510 g/mol. The maximum atomic E-state index is 12.9. The number of hydrogen-bond acceptors (Lipinski definition) is 9. The minimum Gasteiger partial charge on any atom is -0.467 e. The topological polar surface area (TPSA) is 174 Å². The Bertz CT molecular complexity index is 1380. The van der Waals surface area contributed by atoms with Gasteiger partial charge in [0, 0.05) is 29.2 Å². The van der Waals surface area contributed by atoms with Crippen LogP contribution in [0.25, 0.3) is 0 Å². The normalized spacial score (nSPS) is 12.8. The van der Waals surface area contributed by atoms with Crippen LogP contribution in [0.15, 0.2) is 42.5 Å². The van der Waals surface area contributed by atoms with Crippen LogP contribution in [0.5, 0.6) is 0 Å². The molecule has 3 amide bonds. The van der Waals surface area contributed by atoms with Crippen LogP contribution in [0.1, 0.15) is 63.0 Å². The molecule has 39 heavy (non-hydrogen) atoms. The van der Waals surface area contributed by atoms with E-state index >= 15 is 0 Å². The summed E-state index contributed by atoms with van der Waals surface area (Å²) < 4.78 is 9.89. The molecule has 0 spiro atoms. The highest BCUT2D eigenvalue weighted by Crippen LogP contribution is 2.28. The zero-order valence-electron chi connectivity index (χ0n) is 21.7. The molecule has 1 atom stereocenters. The van der Waals surface area contributed by atoms with Gasteiger partial charge in [0.1, 0.15) is 12.1 Å². The summed E-state index contributed by atoms with van der Waals surface area (Å²) in [6.45, 7) is 2.99. The van der Waals surface area contributed by atoms with Gasteiger partial charge in [0.05, 0.1) is 19.2 Å². The third-order valence-corrected chi connectivity index (χ3v) is 5.85. The SMILES string of the molecule is COC(=O)[C@H](COC(=O)c1ccc2c(c1)C(=O)c1ccccc1C2=O)NC(=O)C(C)(C)NC(=O)CNC(C)=O. The van der Waals surface area contributed by atoms with Crippen molar-refractivity contribution in [2.75, 3.05) is 20.3 Å². The number of ketones is 2. The van der Waals surface area contributed by atoms with Crippen molar-refractivity contribution >= 4 is 41.2 Å².